The first-order chi connectivity index (χ1) is 58.4. The van der Waals surface area contributed by atoms with Crippen LogP contribution >= 0.6 is 0 Å². The minimum Gasteiger partial charge on any atom is -0.508 e. The minimum absolute atomic E-state index is 0.00347. The van der Waals surface area contributed by atoms with Crippen molar-refractivity contribution in [2.75, 3.05) is 19.8 Å². The Morgan fingerprint density at radius 1 is 0.303 bits per heavy atom. The van der Waals surface area contributed by atoms with Crippen LogP contribution in [-0.2, 0) is 42.8 Å². The van der Waals surface area contributed by atoms with Gasteiger partial charge in [0.25, 0.3) is 0 Å². The Bertz CT molecular complexity index is 3280. The lowest BCUT2D eigenvalue weighted by molar-refractivity contribution is -0.164. The first-order valence-electron chi connectivity index (χ1n) is 47.5. The third-order valence-electron chi connectivity index (χ3n) is 24.0. The molecule has 3 N–H and O–H groups in total. The molecule has 6 aromatic carbocycles. The summed E-state index contributed by atoms with van der Waals surface area (Å²) in [6.45, 7) is 54.2. The number of ether oxygens (including phenoxy) is 9. The Hall–Kier alpha value is -7.59. The van der Waals surface area contributed by atoms with Crippen LogP contribution in [0.2, 0.25) is 0 Å². The van der Waals surface area contributed by atoms with E-state index in [0.717, 1.165) is 126 Å². The van der Waals surface area contributed by atoms with Crippen LogP contribution in [0.3, 0.4) is 0 Å². The van der Waals surface area contributed by atoms with E-state index >= 15 is 0 Å². The number of benzene rings is 6. The number of hydrogen-bond donors (Lipinski definition) is 3. The molecule has 6 aromatic rings. The summed E-state index contributed by atoms with van der Waals surface area (Å²) in [5.74, 6) is 7.45. The summed E-state index contributed by atoms with van der Waals surface area (Å²) in [6, 6.07) is 47.2. The molecule has 12 atom stereocenters. The standard InChI is InChI=1S/C15H24O2.2C14H22O2.C12H22O2.2C11H20O2.3C10H14O/c1-5-12(4)13-8-10-14(11-9-13)17-15(6-2)16-7-3;2*1-5-11(3)13-7-9-14(10-8-13)16-12(4)15-6-2;1-4-10(3)11(13)14-12(5-2)8-6-7-9-12;2*1-3-9(2)11(12)13-10-7-5-4-6-8-10;3*1-3-8(2)9-4-6-10(11)7-5-9/h8-12,15H,5-7H2,1-4H3;2*7-12H,5-6H2,1-4H3;10H,4-9H2,1-3H3;2*9-10H,3-8H2,1-2H3;3*4-8,11H,3H2,1-2H3. The molecule has 3 fully saturated rings. The normalized spacial score (nSPS) is 16.3. The van der Waals surface area contributed by atoms with Crippen molar-refractivity contribution in [1.82, 2.24) is 0 Å². The molecule has 15 heteroatoms. The van der Waals surface area contributed by atoms with Gasteiger partial charge in [-0.15, -0.1) is 0 Å². The van der Waals surface area contributed by atoms with Gasteiger partial charge in [0, 0.05) is 26.2 Å². The zero-order valence-electron chi connectivity index (χ0n) is 81.0. The van der Waals surface area contributed by atoms with E-state index in [1.54, 1.807) is 36.4 Å². The topological polar surface area (TPSA) is 195 Å². The summed E-state index contributed by atoms with van der Waals surface area (Å²) in [4.78, 5) is 34.5. The quantitative estimate of drug-likeness (QED) is 0.0193. The summed E-state index contributed by atoms with van der Waals surface area (Å²) in [6.07, 6.45) is 27.6. The van der Waals surface area contributed by atoms with E-state index in [1.165, 1.54) is 84.7 Å². The van der Waals surface area contributed by atoms with Crippen molar-refractivity contribution < 1.29 is 72.3 Å². The number of aromatic hydroxyl groups is 3. The largest absolute Gasteiger partial charge is 0.508 e. The molecule has 0 aromatic heterocycles. The number of carbonyl (C=O) groups is 3. The van der Waals surface area contributed by atoms with E-state index < -0.39 is 0 Å². The van der Waals surface area contributed by atoms with Crippen LogP contribution < -0.4 is 14.2 Å². The molecule has 3 aliphatic carbocycles. The van der Waals surface area contributed by atoms with Gasteiger partial charge in [0.05, 0.1) is 17.8 Å². The molecule has 3 saturated carbocycles. The summed E-state index contributed by atoms with van der Waals surface area (Å²) in [5, 5.41) is 27.0. The molecule has 15 nitrogen and oxygen atoms in total. The minimum atomic E-state index is -0.181. The van der Waals surface area contributed by atoms with Gasteiger partial charge >= 0.3 is 17.9 Å². The van der Waals surface area contributed by atoms with Gasteiger partial charge in [-0.2, -0.15) is 0 Å². The lowest BCUT2D eigenvalue weighted by Crippen LogP contribution is -2.33. The second-order valence-corrected chi connectivity index (χ2v) is 33.5. The number of hydrogen-bond acceptors (Lipinski definition) is 15. The van der Waals surface area contributed by atoms with Crippen molar-refractivity contribution in [3.63, 3.8) is 0 Å². The molecule has 0 amide bonds. The summed E-state index contributed by atoms with van der Waals surface area (Å²) < 4.78 is 49.5. The fourth-order valence-electron chi connectivity index (χ4n) is 13.2. The third kappa shape index (κ3) is 48.0. The maximum Gasteiger partial charge on any atom is 0.309 e. The average Bonchev–Trinajstić information content (AvgIpc) is 1.69. The van der Waals surface area contributed by atoms with Gasteiger partial charge in [0.15, 0.2) is 18.9 Å². The zero-order valence-corrected chi connectivity index (χ0v) is 81.0. The molecule has 12 unspecified atom stereocenters. The highest BCUT2D eigenvalue weighted by Gasteiger charge is 2.37. The molecule has 690 valence electrons. The highest BCUT2D eigenvalue weighted by molar-refractivity contribution is 5.73. The summed E-state index contributed by atoms with van der Waals surface area (Å²) in [5.41, 5.74) is 7.86. The van der Waals surface area contributed by atoms with E-state index in [1.807, 2.05) is 149 Å². The molecular weight excluding hydrogens is 1530 g/mol. The lowest BCUT2D eigenvalue weighted by atomic mass is 9.97. The smallest absolute Gasteiger partial charge is 0.309 e. The Labute approximate surface area is 743 Å². The number of phenols is 3. The molecule has 0 saturated heterocycles. The number of esters is 3. The van der Waals surface area contributed by atoms with Crippen molar-refractivity contribution in [3.05, 3.63) is 179 Å². The first kappa shape index (κ1) is 112. The van der Waals surface area contributed by atoms with Crippen LogP contribution in [0.25, 0.3) is 0 Å². The van der Waals surface area contributed by atoms with Gasteiger partial charge < -0.3 is 58.0 Å². The van der Waals surface area contributed by atoms with E-state index in [-0.39, 0.29) is 72.3 Å². The number of carbonyl (C=O) groups excluding carboxylic acids is 3. The second kappa shape index (κ2) is 66.9. The fourth-order valence-corrected chi connectivity index (χ4v) is 13.2. The molecule has 122 heavy (non-hydrogen) atoms. The van der Waals surface area contributed by atoms with Crippen LogP contribution in [-0.4, -0.2) is 89.7 Å². The zero-order chi connectivity index (χ0) is 91.4. The van der Waals surface area contributed by atoms with E-state index in [2.05, 4.69) is 133 Å². The molecule has 0 aliphatic heterocycles. The Morgan fingerprint density at radius 2 is 0.549 bits per heavy atom. The van der Waals surface area contributed by atoms with E-state index in [0.29, 0.717) is 72.6 Å². The van der Waals surface area contributed by atoms with E-state index in [9.17, 15) is 14.4 Å². The summed E-state index contributed by atoms with van der Waals surface area (Å²) in [7, 11) is 0. The highest BCUT2D eigenvalue weighted by Crippen LogP contribution is 2.37. The predicted molar refractivity (Wildman–Crippen MR) is 508 cm³/mol. The third-order valence-corrected chi connectivity index (χ3v) is 24.0. The number of rotatable bonds is 35. The maximum atomic E-state index is 11.7. The molecule has 3 aliphatic rings. The van der Waals surface area contributed by atoms with E-state index in [4.69, 9.17) is 58.0 Å². The Morgan fingerprint density at radius 3 is 0.779 bits per heavy atom. The molecular formula is C107H172O15. The predicted octanol–water partition coefficient (Wildman–Crippen LogP) is 30.1. The van der Waals surface area contributed by atoms with Crippen molar-refractivity contribution in [2.45, 2.75) is 406 Å². The van der Waals surface area contributed by atoms with Gasteiger partial charge in [0.2, 0.25) is 0 Å². The lowest BCUT2D eigenvalue weighted by Gasteiger charge is -2.29. The molecule has 0 spiro atoms. The van der Waals surface area contributed by atoms with Crippen LogP contribution in [0, 0.1) is 17.8 Å². The number of phenolic OH excluding ortho intramolecular Hbond substituents is 3. The van der Waals surface area contributed by atoms with Crippen molar-refractivity contribution >= 4 is 17.9 Å². The van der Waals surface area contributed by atoms with Gasteiger partial charge in [-0.3, -0.25) is 14.4 Å². The van der Waals surface area contributed by atoms with Gasteiger partial charge in [-0.25, -0.2) is 0 Å². The molecule has 9 rings (SSSR count). The van der Waals surface area contributed by atoms with Crippen LogP contribution in [0.15, 0.2) is 146 Å². The Kier molecular flexibility index (Phi) is 61.6. The van der Waals surface area contributed by atoms with Gasteiger partial charge in [-0.05, 0) is 318 Å². The monoisotopic (exact) mass is 1700 g/mol. The van der Waals surface area contributed by atoms with Crippen LogP contribution in [0.5, 0.6) is 34.5 Å². The highest BCUT2D eigenvalue weighted by atomic mass is 16.7. The molecule has 0 bridgehead atoms. The first-order valence-corrected chi connectivity index (χ1v) is 47.5. The van der Waals surface area contributed by atoms with Crippen molar-refractivity contribution in [2.24, 2.45) is 17.8 Å². The molecule has 0 heterocycles. The van der Waals surface area contributed by atoms with Crippen molar-refractivity contribution in [3.8, 4) is 34.5 Å². The van der Waals surface area contributed by atoms with Crippen LogP contribution in [0.1, 0.15) is 403 Å². The van der Waals surface area contributed by atoms with Crippen LogP contribution in [0.4, 0.5) is 0 Å². The fraction of sp³-hybridized carbons (Fsp3) is 0.636. The molecule has 0 radical (unpaired) electrons. The van der Waals surface area contributed by atoms with Crippen molar-refractivity contribution in [1.29, 1.82) is 0 Å². The van der Waals surface area contributed by atoms with Gasteiger partial charge in [-0.1, -0.05) is 224 Å². The summed E-state index contributed by atoms with van der Waals surface area (Å²) >= 11 is 0. The SMILES string of the molecule is CCC(C)C(=O)OC1(CC)CCCC1.CCC(C)C(=O)OC1CCCCC1.CCC(C)C(=O)OC1CCCCC1.CCC(C)c1ccc(O)cc1.CCC(C)c1ccc(O)cc1.CCC(C)c1ccc(O)cc1.CCOC(C)Oc1ccc(C(C)CC)cc1.CCOC(C)Oc1ccc(C(C)CC)cc1.CCOC(CC)Oc1ccc(C(C)CC)cc1. The average molecular weight is 1700 g/mol. The maximum absolute atomic E-state index is 11.7. The van der Waals surface area contributed by atoms with Gasteiger partial charge in [0.1, 0.15) is 52.3 Å². The second-order valence-electron chi connectivity index (χ2n) is 33.5. The Balaban J connectivity index is 0.000000689.